The van der Waals surface area contributed by atoms with Gasteiger partial charge in [-0.3, -0.25) is 14.5 Å². The molecule has 3 N–H and O–H groups in total. The van der Waals surface area contributed by atoms with E-state index in [2.05, 4.69) is 15.5 Å². The van der Waals surface area contributed by atoms with E-state index in [9.17, 15) is 14.4 Å². The van der Waals surface area contributed by atoms with Crippen LogP contribution in [0, 0.1) is 5.92 Å². The molecule has 208 valence electrons. The lowest BCUT2D eigenvalue weighted by Crippen LogP contribution is -2.52. The molecule has 0 radical (unpaired) electrons. The zero-order chi connectivity index (χ0) is 27.9. The molecule has 3 aromatic carbocycles. The van der Waals surface area contributed by atoms with E-state index in [4.69, 9.17) is 14.6 Å². The van der Waals surface area contributed by atoms with Gasteiger partial charge >= 0.3 is 12.1 Å². The summed E-state index contributed by atoms with van der Waals surface area (Å²) in [5.41, 5.74) is 3.01. The van der Waals surface area contributed by atoms with Crippen LogP contribution in [0.3, 0.4) is 0 Å². The number of carboxylic acid groups (broad SMARTS) is 1. The monoisotopic (exact) mass is 543 g/mol. The highest BCUT2D eigenvalue weighted by Crippen LogP contribution is 2.30. The van der Waals surface area contributed by atoms with Crippen LogP contribution in [0.4, 0.5) is 4.79 Å². The summed E-state index contributed by atoms with van der Waals surface area (Å²) in [7, 11) is 0. The molecular formula is C31H33N3O6. The molecule has 3 aliphatic rings. The van der Waals surface area contributed by atoms with E-state index >= 15 is 0 Å². The molecule has 9 nitrogen and oxygen atoms in total. The number of piperidine rings is 3. The van der Waals surface area contributed by atoms with Crippen molar-refractivity contribution in [3.8, 4) is 5.75 Å². The van der Waals surface area contributed by atoms with E-state index < -0.39 is 30.6 Å². The summed E-state index contributed by atoms with van der Waals surface area (Å²) < 4.78 is 11.9. The molecule has 9 heteroatoms. The Labute approximate surface area is 233 Å². The number of carbonyl (C=O) groups excluding carboxylic acids is 2. The van der Waals surface area contributed by atoms with Crippen molar-refractivity contribution in [3.05, 3.63) is 101 Å². The molecule has 3 fully saturated rings. The van der Waals surface area contributed by atoms with Gasteiger partial charge < -0.3 is 25.2 Å². The number of amides is 2. The van der Waals surface area contributed by atoms with Gasteiger partial charge in [0, 0.05) is 12.1 Å². The van der Waals surface area contributed by atoms with Gasteiger partial charge in [-0.1, -0.05) is 54.6 Å². The molecule has 2 amide bonds. The van der Waals surface area contributed by atoms with Gasteiger partial charge in [0.05, 0.1) is 6.04 Å². The van der Waals surface area contributed by atoms with Crippen LogP contribution in [0.25, 0.3) is 0 Å². The second-order valence-corrected chi connectivity index (χ2v) is 10.2. The van der Waals surface area contributed by atoms with E-state index in [1.807, 2.05) is 54.6 Å². The molecule has 3 aliphatic heterocycles. The number of alkyl carbamates (subject to hydrolysis) is 1. The summed E-state index contributed by atoms with van der Waals surface area (Å²) >= 11 is 0. The Balaban J connectivity index is 1.24. The van der Waals surface area contributed by atoms with E-state index in [0.717, 1.165) is 49.2 Å². The van der Waals surface area contributed by atoms with Crippen LogP contribution in [0.15, 0.2) is 78.9 Å². The number of aliphatic carboxylic acids is 1. The number of nitrogens with one attached hydrogen (secondary N) is 2. The number of benzene rings is 3. The second kappa shape index (κ2) is 12.7. The third-order valence-corrected chi connectivity index (χ3v) is 7.46. The van der Waals surface area contributed by atoms with Gasteiger partial charge in [-0.15, -0.1) is 0 Å². The highest BCUT2D eigenvalue weighted by molar-refractivity contribution is 5.95. The van der Waals surface area contributed by atoms with Gasteiger partial charge in [0.1, 0.15) is 25.0 Å². The first kappa shape index (κ1) is 27.2. The number of rotatable bonds is 10. The number of fused-ring (bicyclic) bond motifs is 3. The molecular weight excluding hydrogens is 510 g/mol. The molecule has 0 aliphatic carbocycles. The second-order valence-electron chi connectivity index (χ2n) is 10.2. The van der Waals surface area contributed by atoms with Gasteiger partial charge in [-0.25, -0.2) is 4.79 Å². The molecule has 40 heavy (non-hydrogen) atoms. The SMILES string of the molecule is O=C(O)CNC(=O)c1ccc(COc2cccc(C(NC(=O)O[C@H]3CN4CCC3CC4)c3ccccc3)c2)cc1. The minimum Gasteiger partial charge on any atom is -0.489 e. The molecule has 2 atom stereocenters. The lowest BCUT2D eigenvalue weighted by molar-refractivity contribution is -0.135. The van der Waals surface area contributed by atoms with Gasteiger partial charge in [0.25, 0.3) is 5.91 Å². The third kappa shape index (κ3) is 6.98. The van der Waals surface area contributed by atoms with Crippen molar-refractivity contribution in [2.45, 2.75) is 31.6 Å². The molecule has 0 spiro atoms. The summed E-state index contributed by atoms with van der Waals surface area (Å²) in [6.07, 6.45) is 1.63. The predicted octanol–water partition coefficient (Wildman–Crippen LogP) is 3.99. The highest BCUT2D eigenvalue weighted by Gasteiger charge is 2.36. The quantitative estimate of drug-likeness (QED) is 0.354. The zero-order valence-corrected chi connectivity index (χ0v) is 22.1. The first-order valence-corrected chi connectivity index (χ1v) is 13.5. The number of hydrogen-bond acceptors (Lipinski definition) is 6. The molecule has 0 aromatic heterocycles. The lowest BCUT2D eigenvalue weighted by atomic mass is 9.86. The summed E-state index contributed by atoms with van der Waals surface area (Å²) in [5.74, 6) is -0.490. The fraction of sp³-hybridized carbons (Fsp3) is 0.323. The Morgan fingerprint density at radius 1 is 0.925 bits per heavy atom. The normalized spacial score (nSPS) is 20.2. The Bertz CT molecular complexity index is 1320. The Morgan fingerprint density at radius 3 is 2.33 bits per heavy atom. The third-order valence-electron chi connectivity index (χ3n) is 7.46. The van der Waals surface area contributed by atoms with Crippen LogP contribution in [-0.4, -0.2) is 60.3 Å². The summed E-state index contributed by atoms with van der Waals surface area (Å²) in [4.78, 5) is 38.1. The Kier molecular flexibility index (Phi) is 8.61. The average molecular weight is 544 g/mol. The number of ether oxygens (including phenoxy) is 2. The van der Waals surface area contributed by atoms with Crippen LogP contribution in [0.5, 0.6) is 5.75 Å². The molecule has 2 bridgehead atoms. The van der Waals surface area contributed by atoms with Gasteiger partial charge in [-0.2, -0.15) is 0 Å². The van der Waals surface area contributed by atoms with E-state index in [0.29, 0.717) is 17.2 Å². The van der Waals surface area contributed by atoms with E-state index in [-0.39, 0.29) is 12.7 Å². The lowest BCUT2D eigenvalue weighted by Gasteiger charge is -2.43. The molecule has 6 rings (SSSR count). The maximum absolute atomic E-state index is 13.0. The Hall–Kier alpha value is -4.37. The molecule has 3 heterocycles. The zero-order valence-electron chi connectivity index (χ0n) is 22.1. The minimum atomic E-state index is -1.10. The topological polar surface area (TPSA) is 117 Å². The highest BCUT2D eigenvalue weighted by atomic mass is 16.6. The van der Waals surface area contributed by atoms with Crippen LogP contribution in [0.2, 0.25) is 0 Å². The molecule has 0 saturated carbocycles. The fourth-order valence-corrected chi connectivity index (χ4v) is 5.30. The van der Waals surface area contributed by atoms with Gasteiger partial charge in [0.15, 0.2) is 0 Å². The number of carbonyl (C=O) groups is 3. The maximum atomic E-state index is 13.0. The van der Waals surface area contributed by atoms with Crippen LogP contribution >= 0.6 is 0 Å². The summed E-state index contributed by atoms with van der Waals surface area (Å²) in [5, 5.41) is 14.1. The first-order valence-electron chi connectivity index (χ1n) is 13.5. The number of nitrogens with zero attached hydrogens (tertiary/aromatic N) is 1. The number of hydrogen-bond donors (Lipinski definition) is 3. The van der Waals surface area contributed by atoms with Crippen LogP contribution in [0.1, 0.15) is 45.9 Å². The van der Waals surface area contributed by atoms with Crippen LogP contribution < -0.4 is 15.4 Å². The van der Waals surface area contributed by atoms with Crippen molar-refractivity contribution in [3.63, 3.8) is 0 Å². The van der Waals surface area contributed by atoms with E-state index in [1.165, 1.54) is 0 Å². The molecule has 3 aromatic rings. The Morgan fingerprint density at radius 2 is 1.65 bits per heavy atom. The molecule has 1 unspecified atom stereocenters. The molecule has 3 saturated heterocycles. The standard InChI is InChI=1S/C31H33N3O6/c35-28(36)18-32-30(37)24-11-9-21(10-12-24)20-39-26-8-4-7-25(17-26)29(23-5-2-1-3-6-23)33-31(38)40-27-19-34-15-13-22(27)14-16-34/h1-12,17,22,27,29H,13-16,18-20H2,(H,32,37)(H,33,38)(H,35,36)/t27-,29?/m0/s1. The van der Waals surface area contributed by atoms with Gasteiger partial charge in [-0.05, 0) is 72.8 Å². The summed E-state index contributed by atoms with van der Waals surface area (Å²) in [6.45, 7) is 2.79. The van der Waals surface area contributed by atoms with Crippen LogP contribution in [-0.2, 0) is 16.1 Å². The number of carboxylic acids is 1. The van der Waals surface area contributed by atoms with Gasteiger partial charge in [0.2, 0.25) is 0 Å². The van der Waals surface area contributed by atoms with Crippen molar-refractivity contribution in [2.24, 2.45) is 5.92 Å². The minimum absolute atomic E-state index is 0.0803. The van der Waals surface area contributed by atoms with Crippen molar-refractivity contribution >= 4 is 18.0 Å². The van der Waals surface area contributed by atoms with E-state index in [1.54, 1.807) is 24.3 Å². The average Bonchev–Trinajstić information content (AvgIpc) is 2.99. The largest absolute Gasteiger partial charge is 0.489 e. The smallest absolute Gasteiger partial charge is 0.408 e. The first-order chi connectivity index (χ1) is 19.4. The van der Waals surface area contributed by atoms with Crippen molar-refractivity contribution in [2.75, 3.05) is 26.2 Å². The summed E-state index contributed by atoms with van der Waals surface area (Å²) in [6, 6.07) is 23.7. The predicted molar refractivity (Wildman–Crippen MR) is 148 cm³/mol. The van der Waals surface area contributed by atoms with Crippen molar-refractivity contribution in [1.29, 1.82) is 0 Å². The van der Waals surface area contributed by atoms with Crippen molar-refractivity contribution in [1.82, 2.24) is 15.5 Å². The fourth-order valence-electron chi connectivity index (χ4n) is 5.30. The van der Waals surface area contributed by atoms with Crippen molar-refractivity contribution < 1.29 is 29.0 Å². The maximum Gasteiger partial charge on any atom is 0.408 e.